The van der Waals surface area contributed by atoms with Crippen LogP contribution >= 0.6 is 0 Å². The Hall–Kier alpha value is -1.42. The molecule has 1 unspecified atom stereocenters. The summed E-state index contributed by atoms with van der Waals surface area (Å²) in [6.07, 6.45) is 6.94. The average molecular weight is 260 g/mol. The Morgan fingerprint density at radius 2 is 2.11 bits per heavy atom. The van der Waals surface area contributed by atoms with E-state index in [4.69, 9.17) is 10.7 Å². The van der Waals surface area contributed by atoms with Crippen LogP contribution < -0.4 is 5.73 Å². The third kappa shape index (κ3) is 3.13. The van der Waals surface area contributed by atoms with Gasteiger partial charge in [-0.1, -0.05) is 13.8 Å². The minimum absolute atomic E-state index is 0.680. The first-order valence-electron chi connectivity index (χ1n) is 7.09. The highest BCUT2D eigenvalue weighted by atomic mass is 15.1. The van der Waals surface area contributed by atoms with E-state index in [1.165, 1.54) is 0 Å². The Morgan fingerprint density at radius 1 is 1.32 bits per heavy atom. The fourth-order valence-electron chi connectivity index (χ4n) is 2.65. The van der Waals surface area contributed by atoms with Crippen molar-refractivity contribution in [3.05, 3.63) is 24.3 Å². The van der Waals surface area contributed by atoms with Gasteiger partial charge in [0.05, 0.1) is 17.2 Å². The van der Waals surface area contributed by atoms with Gasteiger partial charge in [0.25, 0.3) is 0 Å². The van der Waals surface area contributed by atoms with E-state index >= 15 is 0 Å². The molecular formula is C15H24N4. The highest BCUT2D eigenvalue weighted by Gasteiger charge is 2.15. The maximum Gasteiger partial charge on any atom is 0.109 e. The summed E-state index contributed by atoms with van der Waals surface area (Å²) >= 11 is 0. The minimum atomic E-state index is 0.680. The van der Waals surface area contributed by atoms with Gasteiger partial charge in [-0.15, -0.1) is 0 Å². The molecule has 2 aromatic rings. The van der Waals surface area contributed by atoms with Crippen molar-refractivity contribution in [3.63, 3.8) is 0 Å². The monoisotopic (exact) mass is 260 g/mol. The highest BCUT2D eigenvalue weighted by molar-refractivity contribution is 5.74. The molecule has 4 heteroatoms. The largest absolute Gasteiger partial charge is 0.330 e. The molecule has 0 bridgehead atoms. The van der Waals surface area contributed by atoms with Crippen molar-refractivity contribution in [3.8, 4) is 0 Å². The predicted octanol–water partition coefficient (Wildman–Crippen LogP) is 2.52. The second-order valence-electron chi connectivity index (χ2n) is 5.57. The van der Waals surface area contributed by atoms with Gasteiger partial charge in [-0.2, -0.15) is 0 Å². The lowest BCUT2D eigenvalue weighted by atomic mass is 9.88. The summed E-state index contributed by atoms with van der Waals surface area (Å²) in [5.41, 5.74) is 7.84. The number of pyridine rings is 1. The molecule has 0 aliphatic rings. The third-order valence-corrected chi connectivity index (χ3v) is 3.99. The third-order valence-electron chi connectivity index (χ3n) is 3.99. The van der Waals surface area contributed by atoms with Crippen molar-refractivity contribution >= 4 is 11.0 Å². The van der Waals surface area contributed by atoms with Crippen LogP contribution in [0.4, 0.5) is 0 Å². The molecule has 0 aromatic carbocycles. The summed E-state index contributed by atoms with van der Waals surface area (Å²) in [4.78, 5) is 8.86. The molecule has 2 aromatic heterocycles. The molecule has 2 N–H and O–H groups in total. The summed E-state index contributed by atoms with van der Waals surface area (Å²) in [5.74, 6) is 2.51. The first-order chi connectivity index (χ1) is 9.13. The van der Waals surface area contributed by atoms with Gasteiger partial charge in [0.2, 0.25) is 0 Å². The van der Waals surface area contributed by atoms with E-state index in [0.717, 1.165) is 42.7 Å². The van der Waals surface area contributed by atoms with Crippen molar-refractivity contribution in [1.29, 1.82) is 0 Å². The fourth-order valence-corrected chi connectivity index (χ4v) is 2.65. The van der Waals surface area contributed by atoms with Gasteiger partial charge in [-0.05, 0) is 37.3 Å². The van der Waals surface area contributed by atoms with Crippen molar-refractivity contribution in [2.75, 3.05) is 6.54 Å². The van der Waals surface area contributed by atoms with Crippen molar-refractivity contribution in [2.45, 2.75) is 33.1 Å². The van der Waals surface area contributed by atoms with Crippen LogP contribution in [-0.4, -0.2) is 21.1 Å². The normalized spacial score (nSPS) is 13.3. The second-order valence-corrected chi connectivity index (χ2v) is 5.57. The summed E-state index contributed by atoms with van der Waals surface area (Å²) < 4.78 is 2.15. The summed E-state index contributed by atoms with van der Waals surface area (Å²) in [6.45, 7) is 5.33. The molecule has 4 nitrogen and oxygen atoms in total. The Labute approximate surface area is 115 Å². The van der Waals surface area contributed by atoms with E-state index in [9.17, 15) is 0 Å². The molecule has 0 fully saturated rings. The number of nitrogens with two attached hydrogens (primary N) is 1. The topological polar surface area (TPSA) is 56.7 Å². The molecule has 104 valence electrons. The average Bonchev–Trinajstić information content (AvgIpc) is 2.72. The number of aryl methyl sites for hydroxylation is 2. The number of hydrogen-bond acceptors (Lipinski definition) is 3. The first-order valence-corrected chi connectivity index (χ1v) is 7.09. The Morgan fingerprint density at radius 3 is 2.74 bits per heavy atom. The van der Waals surface area contributed by atoms with Crippen molar-refractivity contribution < 1.29 is 0 Å². The lowest BCUT2D eigenvalue weighted by Gasteiger charge is -2.19. The van der Waals surface area contributed by atoms with E-state index in [1.54, 1.807) is 6.20 Å². The van der Waals surface area contributed by atoms with Gasteiger partial charge in [0.15, 0.2) is 0 Å². The summed E-state index contributed by atoms with van der Waals surface area (Å²) in [7, 11) is 2.07. The summed E-state index contributed by atoms with van der Waals surface area (Å²) in [6, 6.07) is 1.97. The zero-order chi connectivity index (χ0) is 13.8. The zero-order valence-electron chi connectivity index (χ0n) is 12.1. The van der Waals surface area contributed by atoms with Crippen LogP contribution in [0.15, 0.2) is 18.5 Å². The predicted molar refractivity (Wildman–Crippen MR) is 78.8 cm³/mol. The molecule has 1 atom stereocenters. The van der Waals surface area contributed by atoms with Crippen LogP contribution in [-0.2, 0) is 13.5 Å². The summed E-state index contributed by atoms with van der Waals surface area (Å²) in [5, 5.41) is 0. The molecule has 0 saturated carbocycles. The molecule has 0 aliphatic carbocycles. The van der Waals surface area contributed by atoms with Crippen LogP contribution in [0.3, 0.4) is 0 Å². The molecule has 0 saturated heterocycles. The van der Waals surface area contributed by atoms with Gasteiger partial charge in [0, 0.05) is 19.7 Å². The molecule has 2 heterocycles. The Balaban J connectivity index is 2.10. The van der Waals surface area contributed by atoms with Crippen LogP contribution in [0.25, 0.3) is 11.0 Å². The van der Waals surface area contributed by atoms with Crippen molar-refractivity contribution in [1.82, 2.24) is 14.5 Å². The van der Waals surface area contributed by atoms with Gasteiger partial charge < -0.3 is 10.3 Å². The number of nitrogens with zero attached hydrogens (tertiary/aromatic N) is 3. The molecule has 0 radical (unpaired) electrons. The fraction of sp³-hybridized carbons (Fsp3) is 0.600. The van der Waals surface area contributed by atoms with Gasteiger partial charge in [-0.25, -0.2) is 4.98 Å². The maximum absolute atomic E-state index is 5.70. The molecule has 0 amide bonds. The van der Waals surface area contributed by atoms with Crippen LogP contribution in [0.2, 0.25) is 0 Å². The number of imidazole rings is 1. The SMILES string of the molecule is CC(C)C(CCN)CCc1nc2ccncc2n1C. The lowest BCUT2D eigenvalue weighted by molar-refractivity contribution is 0.338. The number of hydrogen-bond donors (Lipinski definition) is 1. The standard InChI is InChI=1S/C15H24N4/c1-11(2)12(6-8-16)4-5-15-18-13-7-9-17-10-14(13)19(15)3/h7,9-12H,4-6,8,16H2,1-3H3. The number of fused-ring (bicyclic) bond motifs is 1. The Bertz CT molecular complexity index is 530. The molecule has 0 aliphatic heterocycles. The van der Waals surface area contributed by atoms with E-state index < -0.39 is 0 Å². The second kappa shape index (κ2) is 6.15. The maximum atomic E-state index is 5.70. The van der Waals surface area contributed by atoms with Gasteiger partial charge in [-0.3, -0.25) is 4.98 Å². The van der Waals surface area contributed by atoms with E-state index in [1.807, 2.05) is 12.3 Å². The quantitative estimate of drug-likeness (QED) is 0.868. The molecular weight excluding hydrogens is 236 g/mol. The highest BCUT2D eigenvalue weighted by Crippen LogP contribution is 2.22. The minimum Gasteiger partial charge on any atom is -0.330 e. The van der Waals surface area contributed by atoms with E-state index in [2.05, 4.69) is 30.4 Å². The molecule has 0 spiro atoms. The van der Waals surface area contributed by atoms with E-state index in [0.29, 0.717) is 11.8 Å². The van der Waals surface area contributed by atoms with Crippen LogP contribution in [0, 0.1) is 11.8 Å². The molecule has 2 rings (SSSR count). The number of aromatic nitrogens is 3. The van der Waals surface area contributed by atoms with Crippen LogP contribution in [0.5, 0.6) is 0 Å². The smallest absolute Gasteiger partial charge is 0.109 e. The van der Waals surface area contributed by atoms with Crippen molar-refractivity contribution in [2.24, 2.45) is 24.6 Å². The van der Waals surface area contributed by atoms with Gasteiger partial charge >= 0.3 is 0 Å². The number of rotatable bonds is 6. The van der Waals surface area contributed by atoms with E-state index in [-0.39, 0.29) is 0 Å². The zero-order valence-corrected chi connectivity index (χ0v) is 12.1. The first kappa shape index (κ1) is 14.0. The Kier molecular flexibility index (Phi) is 4.53. The lowest BCUT2D eigenvalue weighted by Crippen LogP contribution is -2.16. The van der Waals surface area contributed by atoms with Gasteiger partial charge in [0.1, 0.15) is 5.82 Å². The van der Waals surface area contributed by atoms with Crippen LogP contribution in [0.1, 0.15) is 32.5 Å². The molecule has 19 heavy (non-hydrogen) atoms.